The number of benzene rings is 2. The molecule has 0 amide bonds. The predicted molar refractivity (Wildman–Crippen MR) is 78.4 cm³/mol. The number of phenols is 1. The van der Waals surface area contributed by atoms with Gasteiger partial charge in [-0.2, -0.15) is 4.98 Å². The fourth-order valence-corrected chi connectivity index (χ4v) is 2.10. The molecule has 106 valence electrons. The molecule has 0 bridgehead atoms. The quantitative estimate of drug-likeness (QED) is 0.797. The highest BCUT2D eigenvalue weighted by Crippen LogP contribution is 2.32. The van der Waals surface area contributed by atoms with Crippen molar-refractivity contribution in [1.29, 1.82) is 0 Å². The molecule has 3 rings (SSSR count). The van der Waals surface area contributed by atoms with E-state index in [9.17, 15) is 5.11 Å². The van der Waals surface area contributed by atoms with Crippen molar-refractivity contribution in [3.63, 3.8) is 0 Å². The number of aromatic nitrogens is 2. The van der Waals surface area contributed by atoms with Gasteiger partial charge in [-0.25, -0.2) is 0 Å². The molecule has 0 saturated carbocycles. The lowest BCUT2D eigenvalue weighted by Crippen LogP contribution is -1.89. The van der Waals surface area contributed by atoms with E-state index in [1.165, 1.54) is 0 Å². The Morgan fingerprint density at radius 3 is 2.81 bits per heavy atom. The number of halogens is 1. The Morgan fingerprint density at radius 1 is 1.19 bits per heavy atom. The zero-order valence-electron chi connectivity index (χ0n) is 11.1. The van der Waals surface area contributed by atoms with Crippen molar-refractivity contribution in [3.8, 4) is 34.3 Å². The normalized spacial score (nSPS) is 10.6. The van der Waals surface area contributed by atoms with Gasteiger partial charge in [0.25, 0.3) is 5.89 Å². The van der Waals surface area contributed by atoms with Gasteiger partial charge in [0.2, 0.25) is 5.82 Å². The van der Waals surface area contributed by atoms with Crippen LogP contribution in [0.4, 0.5) is 0 Å². The molecule has 0 radical (unpaired) electrons. The molecular formula is C15H11ClN2O3. The maximum atomic E-state index is 9.49. The summed E-state index contributed by atoms with van der Waals surface area (Å²) in [7, 11) is 1.55. The molecule has 3 aromatic rings. The van der Waals surface area contributed by atoms with Crippen LogP contribution in [-0.4, -0.2) is 22.4 Å². The monoisotopic (exact) mass is 302 g/mol. The fourth-order valence-electron chi connectivity index (χ4n) is 1.94. The summed E-state index contributed by atoms with van der Waals surface area (Å²) in [6.45, 7) is 0. The summed E-state index contributed by atoms with van der Waals surface area (Å²) in [6, 6.07) is 11.8. The summed E-state index contributed by atoms with van der Waals surface area (Å²) in [4.78, 5) is 4.32. The zero-order valence-corrected chi connectivity index (χ0v) is 11.8. The van der Waals surface area contributed by atoms with Crippen molar-refractivity contribution in [2.75, 3.05) is 7.11 Å². The van der Waals surface area contributed by atoms with Gasteiger partial charge in [0, 0.05) is 10.6 Å². The van der Waals surface area contributed by atoms with E-state index in [4.69, 9.17) is 20.9 Å². The summed E-state index contributed by atoms with van der Waals surface area (Å²) in [6.07, 6.45) is 0. The Morgan fingerprint density at radius 2 is 2.05 bits per heavy atom. The van der Waals surface area contributed by atoms with E-state index in [2.05, 4.69) is 10.1 Å². The molecule has 5 nitrogen and oxygen atoms in total. The van der Waals surface area contributed by atoms with Gasteiger partial charge in [0.15, 0.2) is 0 Å². The van der Waals surface area contributed by atoms with E-state index >= 15 is 0 Å². The number of hydrogen-bond donors (Lipinski definition) is 1. The average Bonchev–Trinajstić information content (AvgIpc) is 2.96. The second-order valence-corrected chi connectivity index (χ2v) is 4.75. The molecule has 1 aromatic heterocycles. The lowest BCUT2D eigenvalue weighted by Gasteiger charge is -2.04. The maximum Gasteiger partial charge on any atom is 0.258 e. The zero-order chi connectivity index (χ0) is 14.8. The van der Waals surface area contributed by atoms with Gasteiger partial charge in [0.1, 0.15) is 11.5 Å². The third-order valence-electron chi connectivity index (χ3n) is 2.92. The largest absolute Gasteiger partial charge is 0.508 e. The van der Waals surface area contributed by atoms with Crippen LogP contribution >= 0.6 is 11.6 Å². The standard InChI is InChI=1S/C15H11ClN2O3/c1-20-13-8-10(16)5-6-12(13)14-17-15(21-18-14)9-3-2-4-11(19)7-9/h2-8,19H,1H3. The van der Waals surface area contributed by atoms with Gasteiger partial charge in [-0.05, 0) is 36.4 Å². The van der Waals surface area contributed by atoms with E-state index in [0.29, 0.717) is 33.6 Å². The Kier molecular flexibility index (Phi) is 3.50. The van der Waals surface area contributed by atoms with Gasteiger partial charge in [-0.3, -0.25) is 0 Å². The molecule has 1 N–H and O–H groups in total. The third kappa shape index (κ3) is 2.68. The maximum absolute atomic E-state index is 9.49. The second-order valence-electron chi connectivity index (χ2n) is 4.32. The van der Waals surface area contributed by atoms with Crippen LogP contribution in [0, 0.1) is 0 Å². The minimum Gasteiger partial charge on any atom is -0.508 e. The van der Waals surface area contributed by atoms with Crippen molar-refractivity contribution in [1.82, 2.24) is 10.1 Å². The van der Waals surface area contributed by atoms with Crippen LogP contribution in [0.25, 0.3) is 22.8 Å². The molecule has 6 heteroatoms. The Bertz CT molecular complexity index is 786. The Labute approximate surface area is 125 Å². The van der Waals surface area contributed by atoms with Gasteiger partial charge in [-0.15, -0.1) is 0 Å². The van der Waals surface area contributed by atoms with Crippen LogP contribution in [0.15, 0.2) is 47.0 Å². The van der Waals surface area contributed by atoms with E-state index in [-0.39, 0.29) is 5.75 Å². The number of phenolic OH excluding ortho intramolecular Hbond substituents is 1. The molecule has 0 fully saturated rings. The highest BCUT2D eigenvalue weighted by molar-refractivity contribution is 6.30. The molecule has 1 heterocycles. The highest BCUT2D eigenvalue weighted by atomic mass is 35.5. The number of nitrogens with zero attached hydrogens (tertiary/aromatic N) is 2. The number of hydrogen-bond acceptors (Lipinski definition) is 5. The van der Waals surface area contributed by atoms with Crippen LogP contribution < -0.4 is 4.74 Å². The van der Waals surface area contributed by atoms with E-state index in [0.717, 1.165) is 0 Å². The minimum absolute atomic E-state index is 0.135. The first kappa shape index (κ1) is 13.5. The summed E-state index contributed by atoms with van der Waals surface area (Å²) < 4.78 is 10.5. The summed E-state index contributed by atoms with van der Waals surface area (Å²) in [5.41, 5.74) is 1.32. The summed E-state index contributed by atoms with van der Waals surface area (Å²) >= 11 is 5.93. The fraction of sp³-hybridized carbons (Fsp3) is 0.0667. The SMILES string of the molecule is COc1cc(Cl)ccc1-c1noc(-c2cccc(O)c2)n1. The molecule has 0 aliphatic carbocycles. The third-order valence-corrected chi connectivity index (χ3v) is 3.16. The van der Waals surface area contributed by atoms with Crippen molar-refractivity contribution >= 4 is 11.6 Å². The van der Waals surface area contributed by atoms with Gasteiger partial charge < -0.3 is 14.4 Å². The van der Waals surface area contributed by atoms with Gasteiger partial charge in [-0.1, -0.05) is 22.8 Å². The first-order valence-corrected chi connectivity index (χ1v) is 6.52. The van der Waals surface area contributed by atoms with Crippen molar-refractivity contribution < 1.29 is 14.4 Å². The highest BCUT2D eigenvalue weighted by Gasteiger charge is 2.15. The molecule has 0 spiro atoms. The lowest BCUT2D eigenvalue weighted by molar-refractivity contribution is 0.413. The van der Waals surface area contributed by atoms with Crippen LogP contribution in [-0.2, 0) is 0 Å². The number of rotatable bonds is 3. The summed E-state index contributed by atoms with van der Waals surface area (Å²) in [5, 5.41) is 14.0. The minimum atomic E-state index is 0.135. The second kappa shape index (κ2) is 5.46. The smallest absolute Gasteiger partial charge is 0.258 e. The molecule has 21 heavy (non-hydrogen) atoms. The van der Waals surface area contributed by atoms with E-state index in [1.807, 2.05) is 0 Å². The van der Waals surface area contributed by atoms with Crippen LogP contribution in [0.2, 0.25) is 5.02 Å². The number of methoxy groups -OCH3 is 1. The molecule has 0 saturated heterocycles. The Hall–Kier alpha value is -2.53. The van der Waals surface area contributed by atoms with Crippen molar-refractivity contribution in [2.45, 2.75) is 0 Å². The van der Waals surface area contributed by atoms with Crippen LogP contribution in [0.5, 0.6) is 11.5 Å². The lowest BCUT2D eigenvalue weighted by atomic mass is 10.2. The summed E-state index contributed by atoms with van der Waals surface area (Å²) in [5.74, 6) is 1.40. The van der Waals surface area contributed by atoms with Gasteiger partial charge >= 0.3 is 0 Å². The van der Waals surface area contributed by atoms with E-state index < -0.39 is 0 Å². The van der Waals surface area contributed by atoms with Gasteiger partial charge in [0.05, 0.1) is 12.7 Å². The first-order valence-electron chi connectivity index (χ1n) is 6.14. The van der Waals surface area contributed by atoms with E-state index in [1.54, 1.807) is 49.6 Å². The van der Waals surface area contributed by atoms with Crippen LogP contribution in [0.1, 0.15) is 0 Å². The topological polar surface area (TPSA) is 68.4 Å². The molecular weight excluding hydrogens is 292 g/mol. The van der Waals surface area contributed by atoms with Crippen molar-refractivity contribution in [3.05, 3.63) is 47.5 Å². The molecule has 0 atom stereocenters. The Balaban J connectivity index is 2.02. The predicted octanol–water partition coefficient (Wildman–Crippen LogP) is 3.77. The molecule has 0 aliphatic rings. The van der Waals surface area contributed by atoms with Crippen molar-refractivity contribution in [2.24, 2.45) is 0 Å². The molecule has 0 aliphatic heterocycles. The van der Waals surface area contributed by atoms with Crippen LogP contribution in [0.3, 0.4) is 0 Å². The first-order chi connectivity index (χ1) is 10.2. The number of ether oxygens (including phenoxy) is 1. The molecule has 2 aromatic carbocycles. The molecule has 0 unspecified atom stereocenters. The average molecular weight is 303 g/mol. The number of aromatic hydroxyl groups is 1.